The maximum atomic E-state index is 11.4. The van der Waals surface area contributed by atoms with Crippen LogP contribution in [0.15, 0.2) is 24.5 Å². The van der Waals surface area contributed by atoms with Crippen LogP contribution < -0.4 is 0 Å². The molecule has 0 fully saturated rings. The predicted octanol–water partition coefficient (Wildman–Crippen LogP) is 1.60. The normalized spacial score (nSPS) is 11.1. The number of rotatable bonds is 2. The lowest BCUT2D eigenvalue weighted by molar-refractivity contribution is -0.166. The summed E-state index contributed by atoms with van der Waals surface area (Å²) in [6.45, 7) is 5.18. The molecule has 1 rings (SSSR count). The summed E-state index contributed by atoms with van der Waals surface area (Å²) in [5.41, 5.74) is -0.646. The Morgan fingerprint density at radius 1 is 1.20 bits per heavy atom. The molecule has 0 spiro atoms. The summed E-state index contributed by atoms with van der Waals surface area (Å²) in [4.78, 5) is 22.7. The molecule has 1 aromatic rings. The van der Waals surface area contributed by atoms with E-state index >= 15 is 0 Å². The fourth-order valence-electron chi connectivity index (χ4n) is 0.913. The van der Waals surface area contributed by atoms with Crippen molar-refractivity contribution in [2.75, 3.05) is 0 Å². The molecular formula is C11H15NO3. The highest BCUT2D eigenvalue weighted by Crippen LogP contribution is 2.15. The Balaban J connectivity index is 2.47. The highest BCUT2D eigenvalue weighted by Gasteiger charge is 2.25. The van der Waals surface area contributed by atoms with Gasteiger partial charge in [0.25, 0.3) is 0 Å². The molecule has 0 saturated heterocycles. The van der Waals surface area contributed by atoms with E-state index in [4.69, 9.17) is 0 Å². The zero-order valence-electron chi connectivity index (χ0n) is 9.19. The van der Waals surface area contributed by atoms with Crippen LogP contribution in [0.25, 0.3) is 0 Å². The van der Waals surface area contributed by atoms with Crippen LogP contribution in [0.4, 0.5) is 0 Å². The van der Waals surface area contributed by atoms with Crippen molar-refractivity contribution >= 4 is 11.9 Å². The molecule has 0 N–H and O–H groups in total. The average Bonchev–Trinajstić information content (AvgIpc) is 2.54. The quantitative estimate of drug-likeness (QED) is 0.549. The van der Waals surface area contributed by atoms with Gasteiger partial charge in [-0.15, -0.1) is 0 Å². The Labute approximate surface area is 88.8 Å². The third-order valence-electron chi connectivity index (χ3n) is 1.80. The lowest BCUT2D eigenvalue weighted by atomic mass is 9.97. The Kier molecular flexibility index (Phi) is 3.29. The van der Waals surface area contributed by atoms with E-state index in [-0.39, 0.29) is 6.54 Å². The van der Waals surface area contributed by atoms with Crippen LogP contribution in [0.1, 0.15) is 20.8 Å². The fourth-order valence-corrected chi connectivity index (χ4v) is 0.913. The largest absolute Gasteiger partial charge is 0.391 e. The highest BCUT2D eigenvalue weighted by atomic mass is 16.6. The Bertz CT molecular complexity index is 346. The number of carbonyl (C=O) groups excluding carboxylic acids is 2. The molecule has 0 aromatic carbocycles. The number of ether oxygens (including phenoxy) is 1. The van der Waals surface area contributed by atoms with Crippen molar-refractivity contribution in [3.8, 4) is 0 Å². The van der Waals surface area contributed by atoms with E-state index in [9.17, 15) is 9.59 Å². The van der Waals surface area contributed by atoms with Crippen LogP contribution in [-0.4, -0.2) is 16.5 Å². The third kappa shape index (κ3) is 3.58. The number of esters is 2. The van der Waals surface area contributed by atoms with Gasteiger partial charge >= 0.3 is 11.9 Å². The first-order valence-corrected chi connectivity index (χ1v) is 4.75. The topological polar surface area (TPSA) is 48.3 Å². The van der Waals surface area contributed by atoms with E-state index in [0.29, 0.717) is 0 Å². The summed E-state index contributed by atoms with van der Waals surface area (Å²) in [6, 6.07) is 3.61. The van der Waals surface area contributed by atoms with Crippen molar-refractivity contribution in [3.05, 3.63) is 24.5 Å². The summed E-state index contributed by atoms with van der Waals surface area (Å²) < 4.78 is 6.34. The predicted molar refractivity (Wildman–Crippen MR) is 55.0 cm³/mol. The summed E-state index contributed by atoms with van der Waals surface area (Å²) in [5, 5.41) is 0. The van der Waals surface area contributed by atoms with E-state index < -0.39 is 17.4 Å². The van der Waals surface area contributed by atoms with Gasteiger partial charge in [0.2, 0.25) is 0 Å². The van der Waals surface area contributed by atoms with Crippen molar-refractivity contribution in [2.45, 2.75) is 27.3 Å². The molecule has 0 aliphatic carbocycles. The monoisotopic (exact) mass is 209 g/mol. The number of hydrogen-bond donors (Lipinski definition) is 0. The van der Waals surface area contributed by atoms with Gasteiger partial charge in [-0.2, -0.15) is 0 Å². The van der Waals surface area contributed by atoms with Gasteiger partial charge in [0.1, 0.15) is 6.54 Å². The fraction of sp³-hybridized carbons (Fsp3) is 0.455. The van der Waals surface area contributed by atoms with Gasteiger partial charge in [-0.1, -0.05) is 0 Å². The molecule has 0 aliphatic rings. The summed E-state index contributed by atoms with van der Waals surface area (Å²) >= 11 is 0. The summed E-state index contributed by atoms with van der Waals surface area (Å²) in [6.07, 6.45) is 3.48. The zero-order chi connectivity index (χ0) is 11.5. The van der Waals surface area contributed by atoms with Crippen LogP contribution in [-0.2, 0) is 20.9 Å². The van der Waals surface area contributed by atoms with E-state index in [1.807, 2.05) is 0 Å². The molecule has 0 amide bonds. The van der Waals surface area contributed by atoms with Crippen molar-refractivity contribution in [3.63, 3.8) is 0 Å². The molecule has 0 aliphatic heterocycles. The Hall–Kier alpha value is -1.58. The lowest BCUT2D eigenvalue weighted by Gasteiger charge is -2.15. The third-order valence-corrected chi connectivity index (χ3v) is 1.80. The molecule has 1 heterocycles. The maximum Gasteiger partial charge on any atom is 0.333 e. The van der Waals surface area contributed by atoms with Gasteiger partial charge in [-0.3, -0.25) is 4.79 Å². The molecule has 0 atom stereocenters. The first-order chi connectivity index (χ1) is 6.89. The second kappa shape index (κ2) is 4.29. The molecule has 0 unspecified atom stereocenters. The van der Waals surface area contributed by atoms with Gasteiger partial charge < -0.3 is 9.30 Å². The second-order valence-electron chi connectivity index (χ2n) is 4.37. The van der Waals surface area contributed by atoms with Gasteiger partial charge in [0, 0.05) is 12.4 Å². The lowest BCUT2D eigenvalue weighted by Crippen LogP contribution is -2.27. The van der Waals surface area contributed by atoms with E-state index in [2.05, 4.69) is 4.74 Å². The molecule has 15 heavy (non-hydrogen) atoms. The van der Waals surface area contributed by atoms with Crippen LogP contribution in [0.3, 0.4) is 0 Å². The molecule has 0 saturated carbocycles. The van der Waals surface area contributed by atoms with Crippen molar-refractivity contribution < 1.29 is 14.3 Å². The molecule has 0 bridgehead atoms. The number of nitrogens with zero attached hydrogens (tertiary/aromatic N) is 1. The minimum Gasteiger partial charge on any atom is -0.391 e. The minimum atomic E-state index is -0.646. The molecule has 82 valence electrons. The Morgan fingerprint density at radius 3 is 2.20 bits per heavy atom. The number of aromatic nitrogens is 1. The SMILES string of the molecule is CC(C)(C)C(=O)OC(=O)Cn1cccc1. The first-order valence-electron chi connectivity index (χ1n) is 4.75. The Morgan fingerprint density at radius 2 is 1.73 bits per heavy atom. The summed E-state index contributed by atoms with van der Waals surface area (Å²) in [7, 11) is 0. The minimum absolute atomic E-state index is 0.0643. The van der Waals surface area contributed by atoms with Gasteiger partial charge in [-0.25, -0.2) is 4.79 Å². The van der Waals surface area contributed by atoms with E-state index in [1.165, 1.54) is 0 Å². The van der Waals surface area contributed by atoms with E-state index in [0.717, 1.165) is 0 Å². The molecular weight excluding hydrogens is 194 g/mol. The zero-order valence-corrected chi connectivity index (χ0v) is 9.19. The number of hydrogen-bond acceptors (Lipinski definition) is 3. The van der Waals surface area contributed by atoms with Gasteiger partial charge in [0.05, 0.1) is 5.41 Å². The van der Waals surface area contributed by atoms with Crippen molar-refractivity contribution in [2.24, 2.45) is 5.41 Å². The second-order valence-corrected chi connectivity index (χ2v) is 4.37. The van der Waals surface area contributed by atoms with Gasteiger partial charge in [-0.05, 0) is 32.9 Å². The first kappa shape index (κ1) is 11.5. The van der Waals surface area contributed by atoms with Crippen LogP contribution in [0.5, 0.6) is 0 Å². The summed E-state index contributed by atoms with van der Waals surface area (Å²) in [5.74, 6) is -1.04. The van der Waals surface area contributed by atoms with Gasteiger partial charge in [0.15, 0.2) is 0 Å². The molecule has 4 heteroatoms. The standard InChI is InChI=1S/C11H15NO3/c1-11(2,3)10(14)15-9(13)8-12-6-4-5-7-12/h4-7H,8H2,1-3H3. The molecule has 4 nitrogen and oxygen atoms in total. The highest BCUT2D eigenvalue weighted by molar-refractivity contribution is 5.88. The van der Waals surface area contributed by atoms with Crippen molar-refractivity contribution in [1.29, 1.82) is 0 Å². The van der Waals surface area contributed by atoms with Crippen LogP contribution >= 0.6 is 0 Å². The number of carbonyl (C=O) groups is 2. The average molecular weight is 209 g/mol. The molecule has 1 aromatic heterocycles. The van der Waals surface area contributed by atoms with Crippen LogP contribution in [0, 0.1) is 5.41 Å². The maximum absolute atomic E-state index is 11.4. The smallest absolute Gasteiger partial charge is 0.333 e. The van der Waals surface area contributed by atoms with Crippen molar-refractivity contribution in [1.82, 2.24) is 4.57 Å². The van der Waals surface area contributed by atoms with Crippen LogP contribution in [0.2, 0.25) is 0 Å². The molecule has 0 radical (unpaired) electrons. The van der Waals surface area contributed by atoms with E-state index in [1.54, 1.807) is 49.9 Å².